The van der Waals surface area contributed by atoms with Gasteiger partial charge in [0.2, 0.25) is 5.91 Å². The van der Waals surface area contributed by atoms with Gasteiger partial charge in [-0.1, -0.05) is 46.8 Å². The fraction of sp³-hybridized carbons (Fsp3) is 0.762. The van der Waals surface area contributed by atoms with Gasteiger partial charge in [0.05, 0.1) is 17.3 Å². The first kappa shape index (κ1) is 36.1. The summed E-state index contributed by atoms with van der Waals surface area (Å²) in [6.07, 6.45) is 13.7. The summed E-state index contributed by atoms with van der Waals surface area (Å²) in [5.74, 6) is 0.985. The molecule has 49 heavy (non-hydrogen) atoms. The van der Waals surface area contributed by atoms with E-state index in [0.717, 1.165) is 63.4 Å². The van der Waals surface area contributed by atoms with Crippen molar-refractivity contribution in [3.8, 4) is 0 Å². The van der Waals surface area contributed by atoms with Gasteiger partial charge >= 0.3 is 11.9 Å². The number of nitrogens with one attached hydrogen (secondary N) is 1. The predicted molar refractivity (Wildman–Crippen MR) is 191 cm³/mol. The lowest BCUT2D eigenvalue weighted by Gasteiger charge is -2.72. The SMILES string of the molecule is C=C(C)[C@@H]1CC[C@]2(C(=O)NCc3ccncc3)CC[C@]3(C)[C@H](CC[C@@H]4[C@@]5(C)CC[C@H](OC(=O)CC(C)(C)C(=O)O)C(C)(C)[C@@H]5CC[C@]43C)[C@@H]12. The van der Waals surface area contributed by atoms with Crippen LogP contribution in [0.1, 0.15) is 132 Å². The highest BCUT2D eigenvalue weighted by molar-refractivity contribution is 5.84. The van der Waals surface area contributed by atoms with Gasteiger partial charge in [-0.2, -0.15) is 0 Å². The highest BCUT2D eigenvalue weighted by Crippen LogP contribution is 2.77. The van der Waals surface area contributed by atoms with Crippen LogP contribution in [-0.2, 0) is 25.7 Å². The number of aliphatic carboxylic acids is 1. The molecule has 1 amide bonds. The smallest absolute Gasteiger partial charge is 0.309 e. The van der Waals surface area contributed by atoms with Crippen LogP contribution in [0.15, 0.2) is 36.7 Å². The third kappa shape index (κ3) is 5.50. The zero-order valence-corrected chi connectivity index (χ0v) is 31.5. The molecule has 7 heteroatoms. The molecule has 0 unspecified atom stereocenters. The third-order valence-electron chi connectivity index (χ3n) is 16.1. The Hall–Kier alpha value is -2.70. The van der Waals surface area contributed by atoms with Gasteiger partial charge in [-0.25, -0.2) is 0 Å². The molecule has 0 spiro atoms. The first-order chi connectivity index (χ1) is 22.8. The molecule has 0 saturated heterocycles. The van der Waals surface area contributed by atoms with Crippen molar-refractivity contribution in [3.63, 3.8) is 0 Å². The summed E-state index contributed by atoms with van der Waals surface area (Å²) < 4.78 is 6.17. The number of carboxylic acids is 1. The Kier molecular flexibility index (Phi) is 9.00. The highest BCUT2D eigenvalue weighted by Gasteiger charge is 2.72. The molecule has 5 aliphatic carbocycles. The largest absolute Gasteiger partial charge is 0.481 e. The Morgan fingerprint density at radius 2 is 1.61 bits per heavy atom. The summed E-state index contributed by atoms with van der Waals surface area (Å²) >= 11 is 0. The minimum Gasteiger partial charge on any atom is -0.481 e. The minimum atomic E-state index is -1.15. The zero-order valence-electron chi connectivity index (χ0n) is 31.5. The summed E-state index contributed by atoms with van der Waals surface area (Å²) in [6, 6.07) is 3.97. The average molecular weight is 675 g/mol. The van der Waals surface area contributed by atoms with Crippen LogP contribution >= 0.6 is 0 Å². The number of carbonyl (C=O) groups is 3. The molecule has 270 valence electrons. The topological polar surface area (TPSA) is 106 Å². The van der Waals surface area contributed by atoms with Gasteiger partial charge in [0.1, 0.15) is 6.10 Å². The molecule has 1 aromatic rings. The van der Waals surface area contributed by atoms with Crippen LogP contribution in [-0.4, -0.2) is 34.0 Å². The van der Waals surface area contributed by atoms with E-state index in [1.807, 2.05) is 12.1 Å². The second-order valence-corrected chi connectivity index (χ2v) is 19.1. The van der Waals surface area contributed by atoms with E-state index in [0.29, 0.717) is 36.1 Å². The molecule has 10 atom stereocenters. The van der Waals surface area contributed by atoms with E-state index in [1.54, 1.807) is 26.2 Å². The number of aromatic nitrogens is 1. The lowest BCUT2D eigenvalue weighted by Crippen LogP contribution is -2.67. The molecule has 1 aromatic heterocycles. The number of ether oxygens (including phenoxy) is 1. The molecule has 0 aliphatic heterocycles. The van der Waals surface area contributed by atoms with Gasteiger partial charge in [-0.05, 0) is 149 Å². The fourth-order valence-corrected chi connectivity index (χ4v) is 13.2. The van der Waals surface area contributed by atoms with Crippen molar-refractivity contribution in [3.05, 3.63) is 42.2 Å². The monoisotopic (exact) mass is 674 g/mol. The van der Waals surface area contributed by atoms with Gasteiger partial charge in [0.25, 0.3) is 0 Å². The number of hydrogen-bond donors (Lipinski definition) is 2. The molecule has 2 N–H and O–H groups in total. The Morgan fingerprint density at radius 3 is 2.27 bits per heavy atom. The number of esters is 1. The summed E-state index contributed by atoms with van der Waals surface area (Å²) in [5, 5.41) is 13.0. The quantitative estimate of drug-likeness (QED) is 0.211. The Morgan fingerprint density at radius 1 is 0.918 bits per heavy atom. The van der Waals surface area contributed by atoms with Crippen molar-refractivity contribution in [2.45, 2.75) is 139 Å². The standard InChI is InChI=1S/C42H62N2O5/c1-26(2)28-12-19-42(35(46)44-25-27-15-22-43-23-16-27)21-20-40(8)29(34(28)42)10-11-31-39(7)17-14-32(49-33(45)24-37(3,4)36(47)48)38(5,6)30(39)13-18-41(31,40)9/h15-16,22-23,28-32,34H,1,10-14,17-21,24-25H2,2-9H3,(H,44,46)(H,47,48)/t28-,29+,30-,31+,32-,34+,39-,40+,41+,42-/m0/s1. The number of fused-ring (bicyclic) bond motifs is 7. The van der Waals surface area contributed by atoms with Crippen LogP contribution < -0.4 is 5.32 Å². The summed E-state index contributed by atoms with van der Waals surface area (Å²) in [7, 11) is 0. The van der Waals surface area contributed by atoms with Crippen molar-refractivity contribution >= 4 is 17.8 Å². The number of rotatable bonds is 8. The van der Waals surface area contributed by atoms with Crippen LogP contribution in [0.3, 0.4) is 0 Å². The van der Waals surface area contributed by atoms with E-state index in [9.17, 15) is 19.5 Å². The maximum atomic E-state index is 14.4. The number of pyridine rings is 1. The fourth-order valence-electron chi connectivity index (χ4n) is 13.2. The lowest BCUT2D eigenvalue weighted by molar-refractivity contribution is -0.249. The van der Waals surface area contributed by atoms with Crippen LogP contribution in [0.2, 0.25) is 0 Å². The number of carboxylic acid groups (broad SMARTS) is 1. The van der Waals surface area contributed by atoms with E-state index in [2.05, 4.69) is 58.4 Å². The summed E-state index contributed by atoms with van der Waals surface area (Å²) in [4.78, 5) is 43.3. The van der Waals surface area contributed by atoms with Crippen molar-refractivity contribution < 1.29 is 24.2 Å². The van der Waals surface area contributed by atoms with Crippen molar-refractivity contribution in [1.29, 1.82) is 0 Å². The normalized spacial score (nSPS) is 40.9. The Labute approximate surface area is 294 Å². The molecular weight excluding hydrogens is 612 g/mol. The van der Waals surface area contributed by atoms with E-state index in [4.69, 9.17) is 4.74 Å². The number of allylic oxidation sites excluding steroid dienone is 1. The van der Waals surface area contributed by atoms with Gasteiger partial charge in [-0.3, -0.25) is 19.4 Å². The molecule has 5 fully saturated rings. The molecule has 0 radical (unpaired) electrons. The zero-order chi connectivity index (χ0) is 35.8. The summed E-state index contributed by atoms with van der Waals surface area (Å²) in [5.41, 5.74) is 1.01. The maximum absolute atomic E-state index is 14.4. The first-order valence-corrected chi connectivity index (χ1v) is 19.1. The van der Waals surface area contributed by atoms with Crippen molar-refractivity contribution in [1.82, 2.24) is 10.3 Å². The van der Waals surface area contributed by atoms with Gasteiger partial charge in [-0.15, -0.1) is 0 Å². The molecule has 0 bridgehead atoms. The molecule has 5 saturated carbocycles. The molecular formula is C42H62N2O5. The second kappa shape index (κ2) is 12.2. The molecule has 5 aliphatic rings. The van der Waals surface area contributed by atoms with E-state index in [-0.39, 0.29) is 45.5 Å². The van der Waals surface area contributed by atoms with Crippen molar-refractivity contribution in [2.24, 2.45) is 62.1 Å². The molecule has 1 heterocycles. The minimum absolute atomic E-state index is 0.118. The third-order valence-corrected chi connectivity index (χ3v) is 16.1. The number of amides is 1. The average Bonchev–Trinajstić information content (AvgIpc) is 3.43. The van der Waals surface area contributed by atoms with Crippen LogP contribution in [0.4, 0.5) is 0 Å². The van der Waals surface area contributed by atoms with E-state index < -0.39 is 17.4 Å². The number of hydrogen-bond acceptors (Lipinski definition) is 5. The van der Waals surface area contributed by atoms with Gasteiger partial charge < -0.3 is 15.2 Å². The number of carbonyl (C=O) groups excluding carboxylic acids is 2. The second-order valence-electron chi connectivity index (χ2n) is 19.1. The first-order valence-electron chi connectivity index (χ1n) is 19.1. The summed E-state index contributed by atoms with van der Waals surface area (Å²) in [6.45, 7) is 22.8. The van der Waals surface area contributed by atoms with Crippen LogP contribution in [0.25, 0.3) is 0 Å². The van der Waals surface area contributed by atoms with Crippen molar-refractivity contribution in [2.75, 3.05) is 0 Å². The van der Waals surface area contributed by atoms with Crippen LogP contribution in [0.5, 0.6) is 0 Å². The molecule has 0 aromatic carbocycles. The molecule has 6 rings (SSSR count). The highest BCUT2D eigenvalue weighted by atomic mass is 16.5. The maximum Gasteiger partial charge on any atom is 0.309 e. The predicted octanol–water partition coefficient (Wildman–Crippen LogP) is 8.77. The Bertz CT molecular complexity index is 1490. The molecule has 7 nitrogen and oxygen atoms in total. The van der Waals surface area contributed by atoms with Gasteiger partial charge in [0.15, 0.2) is 0 Å². The Balaban J connectivity index is 1.25. The lowest BCUT2D eigenvalue weighted by atomic mass is 9.32. The van der Waals surface area contributed by atoms with Crippen LogP contribution in [0, 0.1) is 62.1 Å². The van der Waals surface area contributed by atoms with E-state index in [1.165, 1.54) is 12.0 Å². The number of nitrogens with zero attached hydrogens (tertiary/aromatic N) is 1. The van der Waals surface area contributed by atoms with Gasteiger partial charge in [0, 0.05) is 24.4 Å². The van der Waals surface area contributed by atoms with E-state index >= 15 is 0 Å².